The number of rotatable bonds is 3. The molecule has 1 fully saturated rings. The zero-order valence-corrected chi connectivity index (χ0v) is 11.1. The summed E-state index contributed by atoms with van der Waals surface area (Å²) in [6.45, 7) is 13.6. The van der Waals surface area contributed by atoms with E-state index in [9.17, 15) is 0 Å². The Bertz CT molecular complexity index is 203. The lowest BCUT2D eigenvalue weighted by atomic mass is 9.74. The molecule has 90 valence electrons. The molecule has 1 aliphatic rings. The average Bonchev–Trinajstić information content (AvgIpc) is 2.06. The first-order chi connectivity index (χ1) is 6.74. The molecule has 0 amide bonds. The molecule has 15 heavy (non-hydrogen) atoms. The zero-order valence-electron chi connectivity index (χ0n) is 11.1. The molecule has 0 aliphatic carbocycles. The lowest BCUT2D eigenvalue weighted by Crippen LogP contribution is -2.55. The maximum Gasteiger partial charge on any atom is 0.0161 e. The molecule has 2 nitrogen and oxygen atoms in total. The summed E-state index contributed by atoms with van der Waals surface area (Å²) in [7, 11) is 0. The highest BCUT2D eigenvalue weighted by Gasteiger charge is 2.36. The minimum Gasteiger partial charge on any atom is -0.325 e. The molecule has 0 radical (unpaired) electrons. The minimum absolute atomic E-state index is 0.107. The molecule has 1 aliphatic heterocycles. The third-order valence-electron chi connectivity index (χ3n) is 4.28. The van der Waals surface area contributed by atoms with E-state index in [1.165, 1.54) is 25.8 Å². The Morgan fingerprint density at radius 3 is 2.27 bits per heavy atom. The minimum atomic E-state index is -0.107. The van der Waals surface area contributed by atoms with Gasteiger partial charge in [-0.2, -0.15) is 0 Å². The van der Waals surface area contributed by atoms with Crippen molar-refractivity contribution >= 4 is 0 Å². The normalized spacial score (nSPS) is 25.6. The third kappa shape index (κ3) is 3.18. The first kappa shape index (κ1) is 13.0. The van der Waals surface area contributed by atoms with Crippen LogP contribution in [0.3, 0.4) is 0 Å². The average molecular weight is 212 g/mol. The molecule has 1 rings (SSSR count). The van der Waals surface area contributed by atoms with Gasteiger partial charge in [-0.15, -0.1) is 0 Å². The first-order valence-electron chi connectivity index (χ1n) is 6.27. The maximum atomic E-state index is 6.25. The van der Waals surface area contributed by atoms with Gasteiger partial charge < -0.3 is 10.6 Å². The van der Waals surface area contributed by atoms with Gasteiger partial charge in [0.05, 0.1) is 0 Å². The summed E-state index contributed by atoms with van der Waals surface area (Å²) < 4.78 is 0. The molecular formula is C13H28N2. The number of nitrogens with two attached hydrogens (primary N) is 1. The van der Waals surface area contributed by atoms with Crippen LogP contribution in [0.2, 0.25) is 0 Å². The van der Waals surface area contributed by atoms with Gasteiger partial charge in [-0.25, -0.2) is 0 Å². The zero-order chi connectivity index (χ0) is 11.7. The second-order valence-electron chi connectivity index (χ2n) is 6.42. The Kier molecular flexibility index (Phi) is 3.83. The van der Waals surface area contributed by atoms with Gasteiger partial charge in [-0.05, 0) is 45.6 Å². The van der Waals surface area contributed by atoms with E-state index in [-0.39, 0.29) is 11.0 Å². The summed E-state index contributed by atoms with van der Waals surface area (Å²) in [5, 5.41) is 0. The van der Waals surface area contributed by atoms with Crippen molar-refractivity contribution in [3.63, 3.8) is 0 Å². The second kappa shape index (κ2) is 4.42. The predicted octanol–water partition coefficient (Wildman–Crippen LogP) is 2.62. The van der Waals surface area contributed by atoms with Gasteiger partial charge in [0.2, 0.25) is 0 Å². The highest BCUT2D eigenvalue weighted by molar-refractivity contribution is 4.93. The van der Waals surface area contributed by atoms with Crippen molar-refractivity contribution in [1.29, 1.82) is 0 Å². The Labute approximate surface area is 95.2 Å². The van der Waals surface area contributed by atoms with E-state index in [1.54, 1.807) is 0 Å². The van der Waals surface area contributed by atoms with Gasteiger partial charge >= 0.3 is 0 Å². The quantitative estimate of drug-likeness (QED) is 0.779. The highest BCUT2D eigenvalue weighted by Crippen LogP contribution is 2.31. The molecule has 1 atom stereocenters. The molecule has 1 saturated heterocycles. The molecule has 0 saturated carbocycles. The molecular weight excluding hydrogens is 184 g/mol. The van der Waals surface area contributed by atoms with Gasteiger partial charge in [0.15, 0.2) is 0 Å². The standard InChI is InChI=1S/C13H28N2/c1-11-8-6-7-9-15(11)10-12(2,3)13(4,5)14/h11H,6-10,14H2,1-5H3. The maximum absolute atomic E-state index is 6.25. The molecule has 0 spiro atoms. The van der Waals surface area contributed by atoms with E-state index < -0.39 is 0 Å². The summed E-state index contributed by atoms with van der Waals surface area (Å²) >= 11 is 0. The fourth-order valence-electron chi connectivity index (χ4n) is 2.10. The van der Waals surface area contributed by atoms with Crippen LogP contribution in [-0.4, -0.2) is 29.6 Å². The molecule has 0 aromatic carbocycles. The van der Waals surface area contributed by atoms with E-state index in [2.05, 4.69) is 39.5 Å². The summed E-state index contributed by atoms with van der Waals surface area (Å²) in [5.41, 5.74) is 6.32. The van der Waals surface area contributed by atoms with Crippen molar-refractivity contribution in [2.45, 2.75) is 65.5 Å². The Hall–Kier alpha value is -0.0800. The molecule has 0 aromatic heterocycles. The molecule has 1 unspecified atom stereocenters. The van der Waals surface area contributed by atoms with E-state index in [4.69, 9.17) is 5.73 Å². The largest absolute Gasteiger partial charge is 0.325 e. The Balaban J connectivity index is 2.59. The van der Waals surface area contributed by atoms with Crippen LogP contribution in [0.4, 0.5) is 0 Å². The first-order valence-corrected chi connectivity index (χ1v) is 6.27. The van der Waals surface area contributed by atoms with Crippen molar-refractivity contribution in [3.05, 3.63) is 0 Å². The molecule has 0 aromatic rings. The van der Waals surface area contributed by atoms with Crippen LogP contribution in [-0.2, 0) is 0 Å². The summed E-state index contributed by atoms with van der Waals surface area (Å²) in [6.07, 6.45) is 4.09. The third-order valence-corrected chi connectivity index (χ3v) is 4.28. The smallest absolute Gasteiger partial charge is 0.0161 e. The monoisotopic (exact) mass is 212 g/mol. The van der Waals surface area contributed by atoms with Crippen LogP contribution in [0.5, 0.6) is 0 Å². The number of nitrogens with zero attached hydrogens (tertiary/aromatic N) is 1. The van der Waals surface area contributed by atoms with E-state index >= 15 is 0 Å². The van der Waals surface area contributed by atoms with Gasteiger partial charge in [0.1, 0.15) is 0 Å². The topological polar surface area (TPSA) is 29.3 Å². The molecule has 2 heteroatoms. The van der Waals surface area contributed by atoms with Crippen LogP contribution in [0, 0.1) is 5.41 Å². The van der Waals surface area contributed by atoms with Crippen LogP contribution in [0.25, 0.3) is 0 Å². The van der Waals surface area contributed by atoms with Gasteiger partial charge in [0.25, 0.3) is 0 Å². The van der Waals surface area contributed by atoms with Crippen molar-refractivity contribution in [3.8, 4) is 0 Å². The SMILES string of the molecule is CC1CCCCN1CC(C)(C)C(C)(C)N. The Morgan fingerprint density at radius 1 is 1.20 bits per heavy atom. The van der Waals surface area contributed by atoms with E-state index in [0.29, 0.717) is 0 Å². The van der Waals surface area contributed by atoms with Crippen LogP contribution >= 0.6 is 0 Å². The predicted molar refractivity (Wildman–Crippen MR) is 66.9 cm³/mol. The highest BCUT2D eigenvalue weighted by atomic mass is 15.2. The van der Waals surface area contributed by atoms with Gasteiger partial charge in [0, 0.05) is 18.1 Å². The summed E-state index contributed by atoms with van der Waals surface area (Å²) in [5.74, 6) is 0. The molecule has 2 N–H and O–H groups in total. The fourth-order valence-corrected chi connectivity index (χ4v) is 2.10. The van der Waals surface area contributed by atoms with E-state index in [0.717, 1.165) is 12.6 Å². The van der Waals surface area contributed by atoms with E-state index in [1.807, 2.05) is 0 Å². The lowest BCUT2D eigenvalue weighted by molar-refractivity contribution is 0.0680. The Morgan fingerprint density at radius 2 is 1.80 bits per heavy atom. The number of likely N-dealkylation sites (tertiary alicyclic amines) is 1. The van der Waals surface area contributed by atoms with Crippen LogP contribution in [0.15, 0.2) is 0 Å². The van der Waals surface area contributed by atoms with Crippen molar-refractivity contribution in [2.24, 2.45) is 11.1 Å². The second-order valence-corrected chi connectivity index (χ2v) is 6.42. The van der Waals surface area contributed by atoms with Crippen LogP contribution < -0.4 is 5.73 Å². The lowest BCUT2D eigenvalue weighted by Gasteiger charge is -2.45. The summed E-state index contributed by atoms with van der Waals surface area (Å²) in [4.78, 5) is 2.61. The van der Waals surface area contributed by atoms with Gasteiger partial charge in [-0.3, -0.25) is 0 Å². The van der Waals surface area contributed by atoms with Crippen LogP contribution in [0.1, 0.15) is 53.9 Å². The molecule has 0 bridgehead atoms. The summed E-state index contributed by atoms with van der Waals surface area (Å²) in [6, 6.07) is 0.736. The number of hydrogen-bond donors (Lipinski definition) is 1. The fraction of sp³-hybridized carbons (Fsp3) is 1.00. The molecule has 1 heterocycles. The van der Waals surface area contributed by atoms with Gasteiger partial charge in [-0.1, -0.05) is 20.3 Å². The van der Waals surface area contributed by atoms with Crippen molar-refractivity contribution in [2.75, 3.05) is 13.1 Å². The van der Waals surface area contributed by atoms with Crippen molar-refractivity contribution in [1.82, 2.24) is 4.90 Å². The van der Waals surface area contributed by atoms with Crippen molar-refractivity contribution < 1.29 is 0 Å². The number of piperidine rings is 1. The number of hydrogen-bond acceptors (Lipinski definition) is 2.